The number of amides is 1. The van der Waals surface area contributed by atoms with Crippen LogP contribution in [0.5, 0.6) is 0 Å². The van der Waals surface area contributed by atoms with Crippen LogP contribution in [0.3, 0.4) is 0 Å². The summed E-state index contributed by atoms with van der Waals surface area (Å²) in [5.41, 5.74) is 5.33. The Kier molecular flexibility index (Phi) is 5.67. The fourth-order valence-corrected chi connectivity index (χ4v) is 3.23. The molecule has 1 aromatic carbocycles. The minimum absolute atomic E-state index is 0.209. The highest BCUT2D eigenvalue weighted by atomic mass is 16.5. The second-order valence-corrected chi connectivity index (χ2v) is 6.17. The van der Waals surface area contributed by atoms with Gasteiger partial charge >= 0.3 is 5.97 Å². The van der Waals surface area contributed by atoms with E-state index in [1.165, 1.54) is 0 Å². The van der Waals surface area contributed by atoms with E-state index in [4.69, 9.17) is 4.74 Å². The van der Waals surface area contributed by atoms with Crippen molar-refractivity contribution in [3.05, 3.63) is 51.8 Å². The summed E-state index contributed by atoms with van der Waals surface area (Å²) in [5, 5.41) is 2.97. The van der Waals surface area contributed by atoms with Gasteiger partial charge in [-0.1, -0.05) is 17.7 Å². The predicted molar refractivity (Wildman–Crippen MR) is 99.4 cm³/mol. The van der Waals surface area contributed by atoms with Crippen molar-refractivity contribution in [2.75, 3.05) is 11.9 Å². The summed E-state index contributed by atoms with van der Waals surface area (Å²) in [4.78, 5) is 25.2. The normalized spacial score (nSPS) is 10.6. The first-order valence-corrected chi connectivity index (χ1v) is 8.57. The van der Waals surface area contributed by atoms with E-state index < -0.39 is 5.97 Å². The zero-order valence-corrected chi connectivity index (χ0v) is 15.8. The Labute approximate surface area is 149 Å². The van der Waals surface area contributed by atoms with E-state index in [1.807, 2.05) is 50.5 Å². The maximum absolute atomic E-state index is 12.9. The van der Waals surface area contributed by atoms with Crippen LogP contribution in [-0.2, 0) is 11.3 Å². The zero-order valence-electron chi connectivity index (χ0n) is 15.8. The molecular formula is C20H26N2O3. The number of hydrogen-bond donors (Lipinski definition) is 1. The predicted octanol–water partition coefficient (Wildman–Crippen LogP) is 4.17. The molecule has 5 heteroatoms. The van der Waals surface area contributed by atoms with E-state index in [0.29, 0.717) is 30.0 Å². The van der Waals surface area contributed by atoms with E-state index in [9.17, 15) is 9.59 Å². The first kappa shape index (κ1) is 18.8. The molecule has 1 N–H and O–H groups in total. The van der Waals surface area contributed by atoms with Gasteiger partial charge in [-0.15, -0.1) is 0 Å². The standard InChI is InChI=1S/C20H26N2O3/c1-7-22-15(6)17(14(5)18(22)20(24)25-8-2)19(23)21-16-10-9-12(3)11-13(16)4/h9-11H,7-8H2,1-6H3,(H,21,23). The summed E-state index contributed by atoms with van der Waals surface area (Å²) in [6.07, 6.45) is 0. The quantitative estimate of drug-likeness (QED) is 0.830. The van der Waals surface area contributed by atoms with Gasteiger partial charge in [-0.25, -0.2) is 4.79 Å². The van der Waals surface area contributed by atoms with Gasteiger partial charge < -0.3 is 14.6 Å². The Morgan fingerprint density at radius 2 is 1.80 bits per heavy atom. The first-order chi connectivity index (χ1) is 11.8. The fraction of sp³-hybridized carbons (Fsp3) is 0.400. The largest absolute Gasteiger partial charge is 0.461 e. The molecule has 0 aliphatic heterocycles. The molecule has 0 unspecified atom stereocenters. The lowest BCUT2D eigenvalue weighted by molar-refractivity contribution is 0.0512. The molecular weight excluding hydrogens is 316 g/mol. The van der Waals surface area contributed by atoms with E-state index in [-0.39, 0.29) is 5.91 Å². The molecule has 0 aliphatic carbocycles. The van der Waals surface area contributed by atoms with Gasteiger partial charge in [0.2, 0.25) is 0 Å². The van der Waals surface area contributed by atoms with Gasteiger partial charge in [-0.3, -0.25) is 4.79 Å². The second-order valence-electron chi connectivity index (χ2n) is 6.17. The number of benzene rings is 1. The van der Waals surface area contributed by atoms with Gasteiger partial charge in [0.15, 0.2) is 0 Å². The van der Waals surface area contributed by atoms with E-state index in [2.05, 4.69) is 5.32 Å². The average Bonchev–Trinajstić information content (AvgIpc) is 2.80. The highest BCUT2D eigenvalue weighted by Gasteiger charge is 2.26. The molecule has 134 valence electrons. The highest BCUT2D eigenvalue weighted by molar-refractivity contribution is 6.08. The van der Waals surface area contributed by atoms with Crippen molar-refractivity contribution >= 4 is 17.6 Å². The van der Waals surface area contributed by atoms with Crippen LogP contribution in [-0.4, -0.2) is 23.1 Å². The third-order valence-corrected chi connectivity index (χ3v) is 4.41. The molecule has 1 aromatic heterocycles. The first-order valence-electron chi connectivity index (χ1n) is 8.57. The minimum atomic E-state index is -0.393. The summed E-state index contributed by atoms with van der Waals surface area (Å²) < 4.78 is 7.00. The van der Waals surface area contributed by atoms with Gasteiger partial charge in [0.1, 0.15) is 5.69 Å². The number of anilines is 1. The van der Waals surface area contributed by atoms with Crippen molar-refractivity contribution in [2.24, 2.45) is 0 Å². The molecule has 0 fully saturated rings. The SMILES string of the molecule is CCOC(=O)c1c(C)c(C(=O)Nc2ccc(C)cc2C)c(C)n1CC. The van der Waals surface area contributed by atoms with Crippen LogP contribution in [0.15, 0.2) is 18.2 Å². The summed E-state index contributed by atoms with van der Waals surface area (Å²) in [5.74, 6) is -0.602. The van der Waals surface area contributed by atoms with E-state index in [0.717, 1.165) is 22.5 Å². The lowest BCUT2D eigenvalue weighted by Gasteiger charge is -2.10. The van der Waals surface area contributed by atoms with Gasteiger partial charge in [-0.2, -0.15) is 0 Å². The number of ether oxygens (including phenoxy) is 1. The van der Waals surface area contributed by atoms with E-state index in [1.54, 1.807) is 13.8 Å². The van der Waals surface area contributed by atoms with Crippen LogP contribution in [0, 0.1) is 27.7 Å². The number of carbonyl (C=O) groups excluding carboxylic acids is 2. The van der Waals surface area contributed by atoms with Crippen molar-refractivity contribution in [1.82, 2.24) is 4.57 Å². The smallest absolute Gasteiger partial charge is 0.355 e. The maximum Gasteiger partial charge on any atom is 0.355 e. The molecule has 0 aliphatic rings. The molecule has 0 radical (unpaired) electrons. The molecule has 2 rings (SSSR count). The Bertz CT molecular complexity index is 819. The lowest BCUT2D eigenvalue weighted by Crippen LogP contribution is -2.15. The Balaban J connectivity index is 2.44. The lowest BCUT2D eigenvalue weighted by atomic mass is 10.1. The Morgan fingerprint density at radius 1 is 1.12 bits per heavy atom. The second kappa shape index (κ2) is 7.55. The number of nitrogens with zero attached hydrogens (tertiary/aromatic N) is 1. The number of carbonyl (C=O) groups is 2. The fourth-order valence-electron chi connectivity index (χ4n) is 3.23. The van der Waals surface area contributed by atoms with Crippen LogP contribution in [0.1, 0.15) is 57.1 Å². The van der Waals surface area contributed by atoms with Crippen molar-refractivity contribution in [3.63, 3.8) is 0 Å². The molecule has 1 heterocycles. The number of nitrogens with one attached hydrogen (secondary N) is 1. The Hall–Kier alpha value is -2.56. The summed E-state index contributed by atoms with van der Waals surface area (Å²) in [7, 11) is 0. The molecule has 25 heavy (non-hydrogen) atoms. The van der Waals surface area contributed by atoms with Crippen LogP contribution in [0.4, 0.5) is 5.69 Å². The van der Waals surface area contributed by atoms with Crippen LogP contribution >= 0.6 is 0 Å². The summed E-state index contributed by atoms with van der Waals surface area (Å²) >= 11 is 0. The van der Waals surface area contributed by atoms with Crippen LogP contribution in [0.25, 0.3) is 0 Å². The summed E-state index contributed by atoms with van der Waals surface area (Å²) in [6, 6.07) is 5.89. The van der Waals surface area contributed by atoms with Gasteiger partial charge in [0.25, 0.3) is 5.91 Å². The van der Waals surface area contributed by atoms with Crippen molar-refractivity contribution in [3.8, 4) is 0 Å². The van der Waals surface area contributed by atoms with Gasteiger partial charge in [0, 0.05) is 17.9 Å². The average molecular weight is 342 g/mol. The third-order valence-electron chi connectivity index (χ3n) is 4.41. The number of aryl methyl sites for hydroxylation is 2. The number of aromatic nitrogens is 1. The molecule has 0 saturated carbocycles. The molecule has 2 aromatic rings. The number of esters is 1. The van der Waals surface area contributed by atoms with Crippen molar-refractivity contribution in [2.45, 2.75) is 48.1 Å². The highest BCUT2D eigenvalue weighted by Crippen LogP contribution is 2.25. The zero-order chi connectivity index (χ0) is 18.7. The molecule has 0 spiro atoms. The summed E-state index contributed by atoms with van der Waals surface area (Å²) in [6.45, 7) is 12.2. The van der Waals surface area contributed by atoms with Gasteiger partial charge in [-0.05, 0) is 58.7 Å². The van der Waals surface area contributed by atoms with E-state index >= 15 is 0 Å². The molecule has 0 atom stereocenters. The van der Waals surface area contributed by atoms with Crippen molar-refractivity contribution < 1.29 is 14.3 Å². The molecule has 1 amide bonds. The third kappa shape index (κ3) is 3.60. The van der Waals surface area contributed by atoms with Crippen molar-refractivity contribution in [1.29, 1.82) is 0 Å². The molecule has 5 nitrogen and oxygen atoms in total. The number of hydrogen-bond acceptors (Lipinski definition) is 3. The monoisotopic (exact) mass is 342 g/mol. The maximum atomic E-state index is 12.9. The Morgan fingerprint density at radius 3 is 2.36 bits per heavy atom. The molecule has 0 bridgehead atoms. The van der Waals surface area contributed by atoms with Crippen LogP contribution in [0.2, 0.25) is 0 Å². The minimum Gasteiger partial charge on any atom is -0.461 e. The van der Waals surface area contributed by atoms with Crippen LogP contribution < -0.4 is 5.32 Å². The van der Waals surface area contributed by atoms with Gasteiger partial charge in [0.05, 0.1) is 12.2 Å². The number of rotatable bonds is 5. The molecule has 0 saturated heterocycles. The topological polar surface area (TPSA) is 60.3 Å².